The summed E-state index contributed by atoms with van der Waals surface area (Å²) in [5.41, 5.74) is -0.0518. The Hall–Kier alpha value is -1.84. The van der Waals surface area contributed by atoms with Crippen molar-refractivity contribution in [1.82, 2.24) is 0 Å². The van der Waals surface area contributed by atoms with E-state index in [9.17, 15) is 14.7 Å². The molecular formula is C16H21NO3. The van der Waals surface area contributed by atoms with Crippen LogP contribution in [0.5, 0.6) is 0 Å². The SMILES string of the molecule is C[C@H]1[C@@H](C(=O)Nc2ccccc2)CCC[C@@]1(C)C(=O)O. The number of anilines is 1. The Morgan fingerprint density at radius 3 is 2.55 bits per heavy atom. The number of hydrogen-bond acceptors (Lipinski definition) is 2. The molecule has 0 aromatic heterocycles. The largest absolute Gasteiger partial charge is 0.481 e. The molecule has 0 saturated heterocycles. The molecule has 2 rings (SSSR count). The lowest BCUT2D eigenvalue weighted by Gasteiger charge is -2.40. The minimum absolute atomic E-state index is 0.0733. The van der Waals surface area contributed by atoms with E-state index in [1.807, 2.05) is 37.3 Å². The second-order valence-electron chi connectivity index (χ2n) is 5.87. The van der Waals surface area contributed by atoms with Gasteiger partial charge >= 0.3 is 5.97 Å². The van der Waals surface area contributed by atoms with Gasteiger partial charge in [-0.15, -0.1) is 0 Å². The first-order valence-electron chi connectivity index (χ1n) is 7.04. The molecule has 1 amide bonds. The predicted octanol–water partition coefficient (Wildman–Crippen LogP) is 3.15. The number of amides is 1. The molecule has 4 heteroatoms. The van der Waals surface area contributed by atoms with Crippen molar-refractivity contribution < 1.29 is 14.7 Å². The van der Waals surface area contributed by atoms with Crippen molar-refractivity contribution in [1.29, 1.82) is 0 Å². The average Bonchev–Trinajstić information content (AvgIpc) is 2.42. The number of aliphatic carboxylic acids is 1. The molecule has 1 aromatic carbocycles. The smallest absolute Gasteiger partial charge is 0.309 e. The highest BCUT2D eigenvalue weighted by Crippen LogP contribution is 2.44. The van der Waals surface area contributed by atoms with Crippen molar-refractivity contribution in [2.75, 3.05) is 5.32 Å². The molecule has 1 saturated carbocycles. The zero-order chi connectivity index (χ0) is 14.8. The standard InChI is InChI=1S/C16H21NO3/c1-11-13(9-6-10-16(11,2)15(19)20)14(18)17-12-7-4-3-5-8-12/h3-5,7-8,11,13H,6,9-10H2,1-2H3,(H,17,18)(H,19,20)/t11-,13-,16+/m0/s1. The molecule has 0 bridgehead atoms. The van der Waals surface area contributed by atoms with Crippen molar-refractivity contribution in [3.63, 3.8) is 0 Å². The number of carboxylic acids is 1. The number of carbonyl (C=O) groups is 2. The normalized spacial score (nSPS) is 29.7. The molecular weight excluding hydrogens is 254 g/mol. The molecule has 108 valence electrons. The summed E-state index contributed by atoms with van der Waals surface area (Å²) in [6.45, 7) is 3.63. The van der Waals surface area contributed by atoms with Gasteiger partial charge in [0, 0.05) is 11.6 Å². The van der Waals surface area contributed by atoms with E-state index in [2.05, 4.69) is 5.32 Å². The fourth-order valence-corrected chi connectivity index (χ4v) is 3.03. The van der Waals surface area contributed by atoms with Gasteiger partial charge in [-0.3, -0.25) is 9.59 Å². The van der Waals surface area contributed by atoms with Gasteiger partial charge in [0.1, 0.15) is 0 Å². The van der Waals surface area contributed by atoms with E-state index in [-0.39, 0.29) is 17.7 Å². The van der Waals surface area contributed by atoms with Gasteiger partial charge in [0.2, 0.25) is 5.91 Å². The summed E-state index contributed by atoms with van der Waals surface area (Å²) in [6, 6.07) is 9.28. The van der Waals surface area contributed by atoms with E-state index in [4.69, 9.17) is 0 Å². The van der Waals surface area contributed by atoms with E-state index < -0.39 is 11.4 Å². The van der Waals surface area contributed by atoms with Crippen molar-refractivity contribution in [3.8, 4) is 0 Å². The third-order valence-electron chi connectivity index (χ3n) is 4.69. The number of para-hydroxylation sites is 1. The van der Waals surface area contributed by atoms with Crippen LogP contribution in [-0.4, -0.2) is 17.0 Å². The van der Waals surface area contributed by atoms with Crippen LogP contribution in [0, 0.1) is 17.3 Å². The molecule has 4 nitrogen and oxygen atoms in total. The molecule has 0 unspecified atom stereocenters. The van der Waals surface area contributed by atoms with Crippen LogP contribution in [0.3, 0.4) is 0 Å². The predicted molar refractivity (Wildman–Crippen MR) is 77.3 cm³/mol. The maximum atomic E-state index is 12.4. The lowest BCUT2D eigenvalue weighted by atomic mass is 9.63. The van der Waals surface area contributed by atoms with E-state index in [0.29, 0.717) is 6.42 Å². The highest BCUT2D eigenvalue weighted by molar-refractivity contribution is 5.93. The summed E-state index contributed by atoms with van der Waals surface area (Å²) in [5, 5.41) is 12.3. The summed E-state index contributed by atoms with van der Waals surface area (Å²) < 4.78 is 0. The van der Waals surface area contributed by atoms with Crippen LogP contribution < -0.4 is 5.32 Å². The average molecular weight is 275 g/mol. The van der Waals surface area contributed by atoms with Crippen LogP contribution >= 0.6 is 0 Å². The van der Waals surface area contributed by atoms with E-state index >= 15 is 0 Å². The Bertz CT molecular complexity index is 500. The third kappa shape index (κ3) is 2.69. The van der Waals surface area contributed by atoms with Gasteiger partial charge in [-0.25, -0.2) is 0 Å². The topological polar surface area (TPSA) is 66.4 Å². The van der Waals surface area contributed by atoms with Crippen molar-refractivity contribution in [3.05, 3.63) is 30.3 Å². The van der Waals surface area contributed by atoms with Gasteiger partial charge in [-0.05, 0) is 37.8 Å². The van der Waals surface area contributed by atoms with Gasteiger partial charge in [0.25, 0.3) is 0 Å². The zero-order valence-corrected chi connectivity index (χ0v) is 11.9. The number of hydrogen-bond donors (Lipinski definition) is 2. The van der Waals surface area contributed by atoms with Crippen LogP contribution in [0.1, 0.15) is 33.1 Å². The number of carbonyl (C=O) groups excluding carboxylic acids is 1. The maximum Gasteiger partial charge on any atom is 0.309 e. The van der Waals surface area contributed by atoms with Crippen LogP contribution in [0.4, 0.5) is 5.69 Å². The minimum Gasteiger partial charge on any atom is -0.481 e. The minimum atomic E-state index is -0.809. The molecule has 0 heterocycles. The Morgan fingerprint density at radius 1 is 1.30 bits per heavy atom. The van der Waals surface area contributed by atoms with Crippen LogP contribution in [0.25, 0.3) is 0 Å². The molecule has 3 atom stereocenters. The Balaban J connectivity index is 2.12. The van der Waals surface area contributed by atoms with Crippen LogP contribution in [-0.2, 0) is 9.59 Å². The highest BCUT2D eigenvalue weighted by atomic mass is 16.4. The summed E-state index contributed by atoms with van der Waals surface area (Å²) in [5.74, 6) is -1.29. The Kier molecular flexibility index (Phi) is 4.12. The van der Waals surface area contributed by atoms with Gasteiger partial charge in [0.05, 0.1) is 5.41 Å². The van der Waals surface area contributed by atoms with Gasteiger partial charge in [-0.1, -0.05) is 31.5 Å². The molecule has 0 radical (unpaired) electrons. The van der Waals surface area contributed by atoms with Crippen molar-refractivity contribution >= 4 is 17.6 Å². The number of carboxylic acid groups (broad SMARTS) is 1. The van der Waals surface area contributed by atoms with E-state index in [1.165, 1.54) is 0 Å². The molecule has 0 spiro atoms. The van der Waals surface area contributed by atoms with Crippen LogP contribution in [0.2, 0.25) is 0 Å². The van der Waals surface area contributed by atoms with Gasteiger partial charge in [-0.2, -0.15) is 0 Å². The fourth-order valence-electron chi connectivity index (χ4n) is 3.03. The molecule has 1 aromatic rings. The lowest BCUT2D eigenvalue weighted by Crippen LogP contribution is -2.45. The van der Waals surface area contributed by atoms with E-state index in [1.54, 1.807) is 6.92 Å². The monoisotopic (exact) mass is 275 g/mol. The lowest BCUT2D eigenvalue weighted by molar-refractivity contribution is -0.156. The van der Waals surface area contributed by atoms with E-state index in [0.717, 1.165) is 18.5 Å². The Labute approximate surface area is 119 Å². The molecule has 1 aliphatic carbocycles. The fraction of sp³-hybridized carbons (Fsp3) is 0.500. The van der Waals surface area contributed by atoms with Gasteiger partial charge < -0.3 is 10.4 Å². The molecule has 1 aliphatic rings. The summed E-state index contributed by atoms with van der Waals surface area (Å²) in [7, 11) is 0. The second-order valence-corrected chi connectivity index (χ2v) is 5.87. The summed E-state index contributed by atoms with van der Waals surface area (Å²) in [4.78, 5) is 23.9. The molecule has 2 N–H and O–H groups in total. The first kappa shape index (κ1) is 14.6. The summed E-state index contributed by atoms with van der Waals surface area (Å²) >= 11 is 0. The first-order chi connectivity index (χ1) is 9.45. The number of nitrogens with one attached hydrogen (secondary N) is 1. The second kappa shape index (κ2) is 5.65. The van der Waals surface area contributed by atoms with Crippen molar-refractivity contribution in [2.24, 2.45) is 17.3 Å². The highest BCUT2D eigenvalue weighted by Gasteiger charge is 2.47. The quantitative estimate of drug-likeness (QED) is 0.890. The van der Waals surface area contributed by atoms with Crippen molar-refractivity contribution in [2.45, 2.75) is 33.1 Å². The van der Waals surface area contributed by atoms with Crippen LogP contribution in [0.15, 0.2) is 30.3 Å². The third-order valence-corrected chi connectivity index (χ3v) is 4.69. The molecule has 1 fully saturated rings. The maximum absolute atomic E-state index is 12.4. The summed E-state index contributed by atoms with van der Waals surface area (Å²) in [6.07, 6.45) is 2.17. The molecule has 0 aliphatic heterocycles. The Morgan fingerprint density at radius 2 is 1.95 bits per heavy atom. The van der Waals surface area contributed by atoms with Gasteiger partial charge in [0.15, 0.2) is 0 Å². The molecule has 20 heavy (non-hydrogen) atoms. The first-order valence-corrected chi connectivity index (χ1v) is 7.04. The number of rotatable bonds is 3. The zero-order valence-electron chi connectivity index (χ0n) is 11.9. The number of benzene rings is 1.